The Morgan fingerprint density at radius 1 is 1.53 bits per heavy atom. The lowest BCUT2D eigenvalue weighted by Crippen LogP contribution is -2.11. The second kappa shape index (κ2) is 4.18. The lowest BCUT2D eigenvalue weighted by molar-refractivity contribution is -0.384. The minimum Gasteiger partial charge on any atom is -0.308 e. The molecule has 0 amide bonds. The van der Waals surface area contributed by atoms with Gasteiger partial charge in [0.2, 0.25) is 0 Å². The van der Waals surface area contributed by atoms with Gasteiger partial charge in [-0.1, -0.05) is 0 Å². The normalized spacial score (nSPS) is 10.2. The van der Waals surface area contributed by atoms with E-state index in [1.165, 1.54) is 12.1 Å². The van der Waals surface area contributed by atoms with Gasteiger partial charge < -0.3 is 5.43 Å². The zero-order chi connectivity index (χ0) is 12.4. The van der Waals surface area contributed by atoms with Crippen LogP contribution in [0.1, 0.15) is 5.82 Å². The van der Waals surface area contributed by atoms with E-state index in [-0.39, 0.29) is 11.5 Å². The minimum atomic E-state index is -0.502. The van der Waals surface area contributed by atoms with E-state index in [1.54, 1.807) is 23.9 Å². The fourth-order valence-electron chi connectivity index (χ4n) is 1.42. The second-order valence-corrected chi connectivity index (χ2v) is 3.31. The van der Waals surface area contributed by atoms with E-state index in [9.17, 15) is 10.1 Å². The van der Waals surface area contributed by atoms with Crippen molar-refractivity contribution in [1.29, 1.82) is 0 Å². The summed E-state index contributed by atoms with van der Waals surface area (Å²) in [6.45, 7) is 1.77. The lowest BCUT2D eigenvalue weighted by atomic mass is 10.3. The zero-order valence-electron chi connectivity index (χ0n) is 8.99. The van der Waals surface area contributed by atoms with Crippen molar-refractivity contribution < 1.29 is 4.92 Å². The highest BCUT2D eigenvalue weighted by atomic mass is 16.6. The van der Waals surface area contributed by atoms with E-state index >= 15 is 0 Å². The Kier molecular flexibility index (Phi) is 2.71. The van der Waals surface area contributed by atoms with Crippen LogP contribution in [-0.2, 0) is 0 Å². The van der Waals surface area contributed by atoms with Crippen LogP contribution in [0.2, 0.25) is 0 Å². The molecule has 8 heteroatoms. The molecule has 0 radical (unpaired) electrons. The number of hydrogen-bond donors (Lipinski definition) is 2. The van der Waals surface area contributed by atoms with Gasteiger partial charge >= 0.3 is 0 Å². The van der Waals surface area contributed by atoms with Crippen LogP contribution >= 0.6 is 0 Å². The van der Waals surface area contributed by atoms with Crippen molar-refractivity contribution in [1.82, 2.24) is 14.5 Å². The van der Waals surface area contributed by atoms with Crippen LogP contribution in [-0.4, -0.2) is 19.5 Å². The third-order valence-corrected chi connectivity index (χ3v) is 2.23. The summed E-state index contributed by atoms with van der Waals surface area (Å²) in [7, 11) is 0. The number of hydrogen-bond acceptors (Lipinski definition) is 6. The Hall–Kier alpha value is -2.48. The third-order valence-electron chi connectivity index (χ3n) is 2.23. The Morgan fingerprint density at radius 3 is 2.82 bits per heavy atom. The summed E-state index contributed by atoms with van der Waals surface area (Å²) in [5, 5.41) is 10.8. The molecule has 0 unspecified atom stereocenters. The quantitative estimate of drug-likeness (QED) is 0.461. The van der Waals surface area contributed by atoms with Gasteiger partial charge in [0.05, 0.1) is 17.1 Å². The summed E-state index contributed by atoms with van der Waals surface area (Å²) in [4.78, 5) is 18.4. The molecule has 17 heavy (non-hydrogen) atoms. The summed E-state index contributed by atoms with van der Waals surface area (Å²) in [6.07, 6.45) is 3.26. The molecule has 2 rings (SSSR count). The highest BCUT2D eigenvalue weighted by Gasteiger charge is 2.12. The van der Waals surface area contributed by atoms with E-state index in [1.807, 2.05) is 0 Å². The number of pyridine rings is 1. The topological polar surface area (TPSA) is 112 Å². The molecule has 0 aliphatic heterocycles. The number of nitrogens with zero attached hydrogens (tertiary/aromatic N) is 4. The second-order valence-electron chi connectivity index (χ2n) is 3.31. The number of hydrazine groups is 1. The molecule has 0 aliphatic rings. The number of nitro groups is 1. The maximum Gasteiger partial charge on any atom is 0.276 e. The minimum absolute atomic E-state index is 0.0870. The van der Waals surface area contributed by atoms with Crippen LogP contribution in [0.15, 0.2) is 24.5 Å². The Balaban J connectivity index is 2.58. The molecule has 3 N–H and O–H groups in total. The van der Waals surface area contributed by atoms with Crippen molar-refractivity contribution in [3.05, 3.63) is 40.5 Å². The molecular weight excluding hydrogens is 224 g/mol. The Bertz CT molecular complexity index is 564. The van der Waals surface area contributed by atoms with Crippen LogP contribution < -0.4 is 11.3 Å². The van der Waals surface area contributed by atoms with E-state index in [4.69, 9.17) is 5.84 Å². The van der Waals surface area contributed by atoms with E-state index in [2.05, 4.69) is 15.4 Å². The smallest absolute Gasteiger partial charge is 0.276 e. The molecule has 8 nitrogen and oxygen atoms in total. The summed E-state index contributed by atoms with van der Waals surface area (Å²) in [5.41, 5.74) is 2.21. The molecule has 0 atom stereocenters. The predicted molar refractivity (Wildman–Crippen MR) is 60.6 cm³/mol. The summed E-state index contributed by atoms with van der Waals surface area (Å²) in [6, 6.07) is 2.62. The number of rotatable bonds is 3. The van der Waals surface area contributed by atoms with Crippen LogP contribution in [0.5, 0.6) is 0 Å². The van der Waals surface area contributed by atoms with E-state index in [0.29, 0.717) is 11.6 Å². The van der Waals surface area contributed by atoms with Crippen molar-refractivity contribution in [2.24, 2.45) is 5.84 Å². The predicted octanol–water partition coefficient (Wildman–Crippen LogP) is 0.770. The maximum atomic E-state index is 10.8. The first-order valence-corrected chi connectivity index (χ1v) is 4.75. The van der Waals surface area contributed by atoms with Gasteiger partial charge in [0.15, 0.2) is 0 Å². The van der Waals surface area contributed by atoms with Gasteiger partial charge in [-0.2, -0.15) is 0 Å². The van der Waals surface area contributed by atoms with Crippen LogP contribution in [0.4, 0.5) is 11.5 Å². The average molecular weight is 234 g/mol. The number of anilines is 1. The highest BCUT2D eigenvalue weighted by molar-refractivity contribution is 5.50. The summed E-state index contributed by atoms with van der Waals surface area (Å²) in [5.74, 6) is 6.52. The van der Waals surface area contributed by atoms with Gasteiger partial charge in [-0.15, -0.1) is 0 Å². The maximum absolute atomic E-state index is 10.8. The fraction of sp³-hybridized carbons (Fsp3) is 0.111. The largest absolute Gasteiger partial charge is 0.308 e. The SMILES string of the molecule is Cc1nccn1-c1cc([N+](=O)[O-])cc(NN)n1. The third kappa shape index (κ3) is 2.06. The molecule has 2 aromatic heterocycles. The molecule has 2 aromatic rings. The molecule has 0 spiro atoms. The first-order valence-electron chi connectivity index (χ1n) is 4.75. The molecule has 0 fully saturated rings. The van der Waals surface area contributed by atoms with Gasteiger partial charge in [-0.05, 0) is 6.92 Å². The molecule has 0 aliphatic carbocycles. The Labute approximate surface area is 96.2 Å². The fourth-order valence-corrected chi connectivity index (χ4v) is 1.42. The summed E-state index contributed by atoms with van der Waals surface area (Å²) < 4.78 is 1.63. The van der Waals surface area contributed by atoms with Gasteiger partial charge in [0.1, 0.15) is 17.5 Å². The molecule has 0 saturated heterocycles. The number of imidazole rings is 1. The van der Waals surface area contributed by atoms with Crippen LogP contribution in [0.25, 0.3) is 5.82 Å². The number of nitrogen functional groups attached to an aromatic ring is 1. The van der Waals surface area contributed by atoms with Crippen molar-refractivity contribution in [3.63, 3.8) is 0 Å². The van der Waals surface area contributed by atoms with Crippen molar-refractivity contribution >= 4 is 11.5 Å². The van der Waals surface area contributed by atoms with E-state index < -0.39 is 4.92 Å². The highest BCUT2D eigenvalue weighted by Crippen LogP contribution is 2.20. The van der Waals surface area contributed by atoms with Gasteiger partial charge in [0.25, 0.3) is 5.69 Å². The molecule has 0 bridgehead atoms. The van der Waals surface area contributed by atoms with Crippen LogP contribution in [0, 0.1) is 17.0 Å². The molecule has 0 saturated carbocycles. The zero-order valence-corrected chi connectivity index (χ0v) is 8.99. The van der Waals surface area contributed by atoms with Crippen molar-refractivity contribution in [2.75, 3.05) is 5.43 Å². The van der Waals surface area contributed by atoms with Crippen LogP contribution in [0.3, 0.4) is 0 Å². The molecular formula is C9H10N6O2. The van der Waals surface area contributed by atoms with Gasteiger partial charge in [-0.3, -0.25) is 14.7 Å². The number of aryl methyl sites for hydroxylation is 1. The van der Waals surface area contributed by atoms with Crippen molar-refractivity contribution in [3.8, 4) is 5.82 Å². The molecule has 2 heterocycles. The number of aromatic nitrogens is 3. The lowest BCUT2D eigenvalue weighted by Gasteiger charge is -2.06. The monoisotopic (exact) mass is 234 g/mol. The first kappa shape index (κ1) is 11.0. The molecule has 88 valence electrons. The standard InChI is InChI=1S/C9H10N6O2/c1-6-11-2-3-14(6)9-5-7(15(16)17)4-8(12-9)13-10/h2-5H,10H2,1H3,(H,12,13). The van der Waals surface area contributed by atoms with Crippen molar-refractivity contribution in [2.45, 2.75) is 6.92 Å². The first-order chi connectivity index (χ1) is 8.11. The van der Waals surface area contributed by atoms with E-state index in [0.717, 1.165) is 0 Å². The van der Waals surface area contributed by atoms with Gasteiger partial charge in [-0.25, -0.2) is 15.8 Å². The summed E-state index contributed by atoms with van der Waals surface area (Å²) >= 11 is 0. The average Bonchev–Trinajstić information content (AvgIpc) is 2.74. The Morgan fingerprint density at radius 2 is 2.29 bits per heavy atom. The number of nitrogens with one attached hydrogen (secondary N) is 1. The number of nitrogens with two attached hydrogens (primary N) is 1. The van der Waals surface area contributed by atoms with Gasteiger partial charge in [0, 0.05) is 12.4 Å². The molecule has 0 aromatic carbocycles.